The Labute approximate surface area is 183 Å². The Morgan fingerprint density at radius 2 is 1.76 bits per heavy atom. The number of halogens is 4. The normalized spacial score (nSPS) is 15.1. The van der Waals surface area contributed by atoms with Crippen LogP contribution in [0, 0.1) is 11.6 Å². The first-order valence-corrected chi connectivity index (χ1v) is 9.98. The standard InChI is InChI=1S/C19H19Cl2F2N5S/c20-14-2-1-12(7-15(14)21)11-27-3-5-28(6-4-27)18-16(22)8-13(9-17(18)23)10-25-26-19(24)29/h1-2,7-10H,3-6,11H2,(H3,24,26,29). The Balaban J connectivity index is 1.63. The minimum absolute atomic E-state index is 0.0290. The summed E-state index contributed by atoms with van der Waals surface area (Å²) < 4.78 is 29.1. The second kappa shape index (κ2) is 9.67. The van der Waals surface area contributed by atoms with E-state index >= 15 is 0 Å². The Bertz CT molecular complexity index is 910. The van der Waals surface area contributed by atoms with Crippen molar-refractivity contribution in [2.24, 2.45) is 10.8 Å². The molecular formula is C19H19Cl2F2N5S. The summed E-state index contributed by atoms with van der Waals surface area (Å²) in [4.78, 5) is 3.92. The van der Waals surface area contributed by atoms with E-state index in [0.717, 1.165) is 5.56 Å². The maximum absolute atomic E-state index is 14.6. The van der Waals surface area contributed by atoms with Crippen molar-refractivity contribution in [1.29, 1.82) is 0 Å². The van der Waals surface area contributed by atoms with E-state index in [4.69, 9.17) is 28.9 Å². The van der Waals surface area contributed by atoms with Gasteiger partial charge in [0, 0.05) is 38.3 Å². The van der Waals surface area contributed by atoms with Gasteiger partial charge in [-0.05, 0) is 42.0 Å². The van der Waals surface area contributed by atoms with Gasteiger partial charge in [0.25, 0.3) is 0 Å². The molecule has 0 spiro atoms. The lowest BCUT2D eigenvalue weighted by Gasteiger charge is -2.36. The molecule has 0 bridgehead atoms. The van der Waals surface area contributed by atoms with E-state index < -0.39 is 11.6 Å². The van der Waals surface area contributed by atoms with Crippen LogP contribution in [0.1, 0.15) is 11.1 Å². The molecular weight excluding hydrogens is 439 g/mol. The van der Waals surface area contributed by atoms with Crippen molar-refractivity contribution in [2.75, 3.05) is 31.1 Å². The number of thiocarbonyl (C=S) groups is 1. The smallest absolute Gasteiger partial charge is 0.184 e. The number of nitrogens with two attached hydrogens (primary N) is 1. The summed E-state index contributed by atoms with van der Waals surface area (Å²) in [5, 5.41) is 4.71. The van der Waals surface area contributed by atoms with Crippen LogP contribution in [0.3, 0.4) is 0 Å². The molecule has 29 heavy (non-hydrogen) atoms. The second-order valence-corrected chi connectivity index (χ2v) is 7.83. The van der Waals surface area contributed by atoms with Gasteiger partial charge in [0.15, 0.2) is 5.11 Å². The van der Waals surface area contributed by atoms with E-state index in [9.17, 15) is 8.78 Å². The van der Waals surface area contributed by atoms with Crippen molar-refractivity contribution in [3.8, 4) is 0 Å². The van der Waals surface area contributed by atoms with Crippen LogP contribution in [0.4, 0.5) is 14.5 Å². The lowest BCUT2D eigenvalue weighted by atomic mass is 10.1. The summed E-state index contributed by atoms with van der Waals surface area (Å²) in [6.45, 7) is 3.04. The fourth-order valence-electron chi connectivity index (χ4n) is 3.16. The average molecular weight is 458 g/mol. The van der Waals surface area contributed by atoms with Crippen molar-refractivity contribution in [1.82, 2.24) is 10.3 Å². The highest BCUT2D eigenvalue weighted by atomic mass is 35.5. The van der Waals surface area contributed by atoms with Crippen LogP contribution in [-0.4, -0.2) is 42.4 Å². The molecule has 1 fully saturated rings. The van der Waals surface area contributed by atoms with Crippen molar-refractivity contribution in [2.45, 2.75) is 6.54 Å². The van der Waals surface area contributed by atoms with Crippen molar-refractivity contribution in [3.05, 3.63) is 63.1 Å². The molecule has 0 aromatic heterocycles. The molecule has 0 saturated carbocycles. The minimum atomic E-state index is -0.639. The number of piperazine rings is 1. The van der Waals surface area contributed by atoms with E-state index in [0.29, 0.717) is 42.8 Å². The molecule has 0 aliphatic carbocycles. The first-order chi connectivity index (χ1) is 13.8. The van der Waals surface area contributed by atoms with Crippen LogP contribution in [-0.2, 0) is 6.54 Å². The molecule has 2 aromatic carbocycles. The van der Waals surface area contributed by atoms with Crippen molar-refractivity contribution in [3.63, 3.8) is 0 Å². The number of nitrogens with one attached hydrogen (secondary N) is 1. The number of anilines is 1. The zero-order valence-electron chi connectivity index (χ0n) is 15.3. The highest BCUT2D eigenvalue weighted by molar-refractivity contribution is 7.80. The molecule has 1 aliphatic rings. The molecule has 0 radical (unpaired) electrons. The van der Waals surface area contributed by atoms with Gasteiger partial charge in [0.05, 0.1) is 16.3 Å². The molecule has 1 aliphatic heterocycles. The maximum atomic E-state index is 14.6. The number of hydrogen-bond donors (Lipinski definition) is 2. The van der Waals surface area contributed by atoms with Gasteiger partial charge in [-0.3, -0.25) is 10.3 Å². The SMILES string of the molecule is NC(=S)NN=Cc1cc(F)c(N2CCN(Cc3ccc(Cl)c(Cl)c3)CC2)c(F)c1. The van der Waals surface area contributed by atoms with E-state index in [-0.39, 0.29) is 16.4 Å². The number of nitrogens with zero attached hydrogens (tertiary/aromatic N) is 3. The topological polar surface area (TPSA) is 56.9 Å². The van der Waals surface area contributed by atoms with Crippen LogP contribution in [0.2, 0.25) is 10.0 Å². The Kier molecular flexibility index (Phi) is 7.23. The van der Waals surface area contributed by atoms with Gasteiger partial charge in [0.2, 0.25) is 0 Å². The lowest BCUT2D eigenvalue weighted by molar-refractivity contribution is 0.248. The molecule has 2 aromatic rings. The van der Waals surface area contributed by atoms with Crippen LogP contribution >= 0.6 is 35.4 Å². The first-order valence-electron chi connectivity index (χ1n) is 8.82. The van der Waals surface area contributed by atoms with Gasteiger partial charge in [0.1, 0.15) is 17.3 Å². The Morgan fingerprint density at radius 3 is 2.34 bits per heavy atom. The molecule has 0 atom stereocenters. The van der Waals surface area contributed by atoms with Gasteiger partial charge in [-0.25, -0.2) is 8.78 Å². The highest BCUT2D eigenvalue weighted by Crippen LogP contribution is 2.27. The summed E-state index contributed by atoms with van der Waals surface area (Å²) in [7, 11) is 0. The maximum Gasteiger partial charge on any atom is 0.184 e. The fourth-order valence-corrected chi connectivity index (χ4v) is 3.53. The number of benzene rings is 2. The molecule has 3 N–H and O–H groups in total. The summed E-state index contributed by atoms with van der Waals surface area (Å²) >= 11 is 16.6. The monoisotopic (exact) mass is 457 g/mol. The quantitative estimate of drug-likeness (QED) is 0.406. The Morgan fingerprint density at radius 1 is 1.10 bits per heavy atom. The number of hydrazone groups is 1. The van der Waals surface area contributed by atoms with Crippen LogP contribution in [0.15, 0.2) is 35.4 Å². The molecule has 0 amide bonds. The number of rotatable bonds is 5. The van der Waals surface area contributed by atoms with Crippen LogP contribution in [0.25, 0.3) is 0 Å². The highest BCUT2D eigenvalue weighted by Gasteiger charge is 2.23. The van der Waals surface area contributed by atoms with Gasteiger partial charge < -0.3 is 10.6 Å². The first kappa shape index (κ1) is 21.7. The van der Waals surface area contributed by atoms with E-state index in [1.165, 1.54) is 18.3 Å². The van der Waals surface area contributed by atoms with E-state index in [2.05, 4.69) is 27.6 Å². The van der Waals surface area contributed by atoms with Gasteiger partial charge in [-0.2, -0.15) is 5.10 Å². The predicted octanol–water partition coefficient (Wildman–Crippen LogP) is 3.76. The predicted molar refractivity (Wildman–Crippen MR) is 118 cm³/mol. The fraction of sp³-hybridized carbons (Fsp3) is 0.263. The Hall–Kier alpha value is -2.00. The van der Waals surface area contributed by atoms with Gasteiger partial charge in [-0.1, -0.05) is 29.3 Å². The minimum Gasteiger partial charge on any atom is -0.375 e. The van der Waals surface area contributed by atoms with E-state index in [1.54, 1.807) is 11.0 Å². The summed E-state index contributed by atoms with van der Waals surface area (Å²) in [6.07, 6.45) is 1.25. The molecule has 5 nitrogen and oxygen atoms in total. The molecule has 0 unspecified atom stereocenters. The number of hydrogen-bond acceptors (Lipinski definition) is 4. The zero-order chi connectivity index (χ0) is 21.0. The summed E-state index contributed by atoms with van der Waals surface area (Å²) in [6, 6.07) is 7.98. The molecule has 1 heterocycles. The van der Waals surface area contributed by atoms with Crippen LogP contribution < -0.4 is 16.1 Å². The lowest BCUT2D eigenvalue weighted by Crippen LogP contribution is -2.46. The van der Waals surface area contributed by atoms with Crippen molar-refractivity contribution >= 4 is 52.4 Å². The molecule has 154 valence electrons. The average Bonchev–Trinajstić information content (AvgIpc) is 2.65. The summed E-state index contributed by atoms with van der Waals surface area (Å²) in [5.41, 5.74) is 8.87. The summed E-state index contributed by atoms with van der Waals surface area (Å²) in [5.74, 6) is -1.28. The third-order valence-corrected chi connectivity index (χ3v) is 5.34. The van der Waals surface area contributed by atoms with E-state index in [1.807, 2.05) is 12.1 Å². The molecule has 3 rings (SSSR count). The third kappa shape index (κ3) is 5.76. The van der Waals surface area contributed by atoms with Crippen molar-refractivity contribution < 1.29 is 8.78 Å². The van der Waals surface area contributed by atoms with Crippen LogP contribution in [0.5, 0.6) is 0 Å². The molecule has 1 saturated heterocycles. The third-order valence-electron chi connectivity index (χ3n) is 4.51. The molecule has 10 heteroatoms. The van der Waals surface area contributed by atoms with Gasteiger partial charge in [-0.15, -0.1) is 0 Å². The second-order valence-electron chi connectivity index (χ2n) is 6.58. The largest absolute Gasteiger partial charge is 0.375 e. The van der Waals surface area contributed by atoms with Gasteiger partial charge >= 0.3 is 0 Å². The zero-order valence-corrected chi connectivity index (χ0v) is 17.7.